The van der Waals surface area contributed by atoms with Crippen LogP contribution in [0.25, 0.3) is 0 Å². The predicted octanol–water partition coefficient (Wildman–Crippen LogP) is -26.6. The smallest absolute Gasteiger partial charge is 1.00 e. The molecule has 600 valence electrons. The summed E-state index contributed by atoms with van der Waals surface area (Å²) in [4.78, 5) is 103. The van der Waals surface area contributed by atoms with Crippen molar-refractivity contribution in [2.45, 2.75) is 141 Å². The number of aliphatic hydroxyl groups is 14. The molecule has 5 fully saturated rings. The normalized spacial score (nSPS) is 32.8. The van der Waals surface area contributed by atoms with Gasteiger partial charge in [-0.2, -0.15) is 18.3 Å². The summed E-state index contributed by atoms with van der Waals surface area (Å²) in [6.07, 6.45) is -29.9. The first-order valence-corrected chi connectivity index (χ1v) is 36.4. The zero-order valence-corrected chi connectivity index (χ0v) is 70.9. The number of amides is 1. The van der Waals surface area contributed by atoms with Crippen LogP contribution in [0.1, 0.15) is 12.5 Å². The molecular formula is C46H87BN7Na4O45P5+8. The van der Waals surface area contributed by atoms with Gasteiger partial charge in [0.25, 0.3) is 11.1 Å². The Bertz CT molecular complexity index is 3440. The van der Waals surface area contributed by atoms with Gasteiger partial charge in [-0.25, -0.2) is 32.5 Å². The third kappa shape index (κ3) is 35.4. The molecule has 52 nitrogen and oxygen atoms in total. The number of carbonyl (C=O) groups is 2. The zero-order chi connectivity index (χ0) is 78.9. The van der Waals surface area contributed by atoms with Crippen molar-refractivity contribution in [1.29, 1.82) is 0 Å². The summed E-state index contributed by atoms with van der Waals surface area (Å²) in [5.41, 5.74) is 7.42. The van der Waals surface area contributed by atoms with Crippen LogP contribution in [0.3, 0.4) is 0 Å². The largest absolute Gasteiger partial charge is 1.00 e. The maximum Gasteiger partial charge on any atom is 1.00 e. The molecule has 30 N–H and O–H groups in total. The van der Waals surface area contributed by atoms with E-state index in [0.29, 0.717) is 20.1 Å². The Balaban J connectivity index is 0. The fraction of sp³-hybridized carbons (Fsp3) is 0.783. The van der Waals surface area contributed by atoms with E-state index < -0.39 is 246 Å². The fourth-order valence-electron chi connectivity index (χ4n) is 8.91. The quantitative estimate of drug-likeness (QED) is 0.0149. The third-order valence-electron chi connectivity index (χ3n) is 14.1. The van der Waals surface area contributed by atoms with Crippen molar-refractivity contribution in [2.75, 3.05) is 86.9 Å². The number of nitrogens with zero attached hydrogens (tertiary/aromatic N) is 2. The molecular weight excluding hydrogens is 1630 g/mol. The molecule has 5 aliphatic heterocycles. The van der Waals surface area contributed by atoms with Gasteiger partial charge in [0.1, 0.15) is 111 Å². The minimum absolute atomic E-state index is 0. The SMILES string of the molecule is COCCOCC(=O)NC1[C@@H](OP(=O)([OH2+])OP(=O)([OH2+])OCC2OC(n3ccc(=O)[nH]c3=O)[C@H](O)[C@@H]2O)OC(CO)[C@H](O)[C@@H]1O.COCCOCC(=O)O.NC1C(O)OC(CO)[C@H](O)[C@@H]1O.NC1[C@@H](OP(=O)([OH2+])OP(=O)([OH2+])OCC2OC(n3ccc(=O)[nH]c3=O)[C@H](O)[C@@H]2O)OC(CO)[C@H](O)[C@@H]1O.O=BP.[Na+].[Na+].[Na+].[Na+]. The molecule has 1 amide bonds. The van der Waals surface area contributed by atoms with E-state index in [2.05, 4.69) is 27.9 Å². The second-order valence-corrected chi connectivity index (χ2v) is 28.1. The van der Waals surface area contributed by atoms with Gasteiger partial charge in [0.05, 0.1) is 71.5 Å². The van der Waals surface area contributed by atoms with Crippen molar-refractivity contribution in [1.82, 2.24) is 24.4 Å². The number of hydrogen-bond donors (Lipinski definition) is 20. The Morgan fingerprint density at radius 2 is 0.889 bits per heavy atom. The van der Waals surface area contributed by atoms with Gasteiger partial charge >= 0.3 is 188 Å². The number of carboxylic acid groups (broad SMARTS) is 1. The van der Waals surface area contributed by atoms with Gasteiger partial charge < -0.3 is 156 Å². The number of hydrogen-bond acceptors (Lipinski definition) is 42. The van der Waals surface area contributed by atoms with Gasteiger partial charge in [0.2, 0.25) is 5.91 Å². The van der Waals surface area contributed by atoms with E-state index in [0.717, 1.165) is 33.7 Å². The topological polar surface area (TPSA) is 827 Å². The summed E-state index contributed by atoms with van der Waals surface area (Å²) in [6.45, 7) is -3.25. The minimum Gasteiger partial charge on any atom is 1.00 e. The summed E-state index contributed by atoms with van der Waals surface area (Å²) >= 11 is 0. The average Bonchev–Trinajstić information content (AvgIpc) is 1.47. The van der Waals surface area contributed by atoms with Crippen molar-refractivity contribution in [3.8, 4) is 0 Å². The first-order chi connectivity index (χ1) is 48.5. The maximum absolute atomic E-state index is 12.8. The van der Waals surface area contributed by atoms with Gasteiger partial charge in [0.15, 0.2) is 31.3 Å². The van der Waals surface area contributed by atoms with E-state index in [4.69, 9.17) is 97.8 Å². The van der Waals surface area contributed by atoms with Crippen LogP contribution >= 0.6 is 40.4 Å². The number of aliphatic hydroxyl groups excluding tert-OH is 14. The van der Waals surface area contributed by atoms with Crippen molar-refractivity contribution in [2.24, 2.45) is 11.5 Å². The molecule has 5 saturated heterocycles. The Labute approximate surface area is 699 Å². The number of aliphatic carboxylic acids is 1. The number of methoxy groups -OCH3 is 2. The van der Waals surface area contributed by atoms with Gasteiger partial charge in [-0.05, 0) is 0 Å². The Morgan fingerprint density at radius 1 is 0.537 bits per heavy atom. The number of H-pyrrole nitrogens is 2. The molecule has 0 aromatic carbocycles. The third-order valence-corrected chi connectivity index (χ3v) is 19.5. The molecule has 62 heteroatoms. The van der Waals surface area contributed by atoms with E-state index in [1.165, 1.54) is 14.2 Å². The number of carboxylic acids is 1. The number of aromatic amines is 2. The second kappa shape index (κ2) is 52.8. The van der Waals surface area contributed by atoms with Gasteiger partial charge in [-0.15, -0.1) is 0 Å². The van der Waals surface area contributed by atoms with Crippen LogP contribution in [-0.2, 0) is 102 Å². The van der Waals surface area contributed by atoms with E-state index in [1.807, 2.05) is 19.1 Å². The minimum atomic E-state index is -5.39. The fourth-order valence-corrected chi connectivity index (χ4v) is 13.5. The van der Waals surface area contributed by atoms with Crippen LogP contribution in [0.5, 0.6) is 0 Å². The number of nitrogens with one attached hydrogen (secondary N) is 3. The van der Waals surface area contributed by atoms with Crippen molar-refractivity contribution >= 4 is 59.2 Å². The van der Waals surface area contributed by atoms with E-state index >= 15 is 0 Å². The molecule has 2 aromatic heterocycles. The first kappa shape index (κ1) is 110. The summed E-state index contributed by atoms with van der Waals surface area (Å²) in [5, 5.41) is 146. The van der Waals surface area contributed by atoms with Crippen LogP contribution in [-0.4, -0.2) is 349 Å². The number of aromatic nitrogens is 4. The molecule has 0 bridgehead atoms. The molecule has 7 rings (SSSR count). The number of carbonyl (C=O) groups excluding carboxylic acids is 1. The molecule has 28 atom stereocenters. The molecule has 5 aliphatic rings. The monoisotopic (exact) mass is 1720 g/mol. The maximum atomic E-state index is 12.8. The average molecular weight is 1720 g/mol. The molecule has 16 unspecified atom stereocenters. The van der Waals surface area contributed by atoms with E-state index in [-0.39, 0.29) is 138 Å². The van der Waals surface area contributed by atoms with Crippen LogP contribution < -0.4 is 158 Å². The van der Waals surface area contributed by atoms with E-state index in [1.54, 1.807) is 0 Å². The first-order valence-electron chi connectivity index (χ1n) is 29.5. The van der Waals surface area contributed by atoms with Gasteiger partial charge in [-0.3, -0.25) is 33.5 Å². The standard InChI is InChI=1S/C20H33N3O19P2.C15H25N3O16P2.C6H13NO5.C5H10O4.BH2OP.4Na/c1-36-4-5-37-8-12(26)21-13-16(29)14(27)9(6-24)40-19(13)41-44(34,35)42-43(32,33)38-7-10-15(28)17(30)18(39-10)23-3-2-11(25)22-20(23)31;16-8-11(23)9(21)5(3-19)32-14(8)33-36(28,29)34-35(26,27)30-4-6-10(22)12(24)13(31-6)18-2-1-7(20)17-15(18)25;7-3-5(10)4(9)2(1-8)12-6(3)11;1-8-2-3-9-4-5(6)7;2-1-3;;;;/h2-3,9-10,13-19,24,27-30H,4-8H2,1H3,(H,21,26)(H,32,33)(H,34,35)(H,22,25,31);1-2,5-6,8-14,19,21-24H,3-4,16H2,(H,26,27)(H,28,29)(H,17,20,25);2-6,8-11H,1,7H2;2-4H2,1H3,(H,6,7);3H2;;;;/q;;;;;4*+1/p+4/t9?,10?,13?,14-,15+,16+,17+,18?,19+;5?,6?,8?,9-,10+,11+,12+,13?,14+;2?,3?,4-,5+,6?;;;;;;/m000....../s1. The molecule has 0 aliphatic carbocycles. The molecule has 7 heterocycles. The number of rotatable bonds is 30. The Morgan fingerprint density at radius 3 is 1.27 bits per heavy atom. The summed E-state index contributed by atoms with van der Waals surface area (Å²) in [7, 11) is -16.2. The molecule has 2 aromatic rings. The van der Waals surface area contributed by atoms with Crippen LogP contribution in [0, 0.1) is 0 Å². The predicted molar refractivity (Wildman–Crippen MR) is 338 cm³/mol. The number of ether oxygens (including phenoxy) is 9. The van der Waals surface area contributed by atoms with Crippen molar-refractivity contribution in [3.05, 3.63) is 66.2 Å². The van der Waals surface area contributed by atoms with Crippen LogP contribution in [0.15, 0.2) is 43.7 Å². The second-order valence-electron chi connectivity index (χ2n) is 21.6. The number of nitrogens with two attached hydrogens (primary N) is 2. The van der Waals surface area contributed by atoms with Crippen molar-refractivity contribution in [3.63, 3.8) is 0 Å². The van der Waals surface area contributed by atoms with Crippen molar-refractivity contribution < 1.29 is 316 Å². The molecule has 0 spiro atoms. The summed E-state index contributed by atoms with van der Waals surface area (Å²) in [5.74, 6) is -1.84. The van der Waals surface area contributed by atoms with Gasteiger partial charge in [0, 0.05) is 38.7 Å². The van der Waals surface area contributed by atoms with Gasteiger partial charge in [-0.1, -0.05) is 8.62 Å². The van der Waals surface area contributed by atoms with Crippen LogP contribution in [0.4, 0.5) is 0 Å². The molecule has 0 saturated carbocycles. The Hall–Kier alpha value is 0.115. The molecule has 108 heavy (non-hydrogen) atoms. The Kier molecular flexibility index (Phi) is 53.9. The summed E-state index contributed by atoms with van der Waals surface area (Å²) < 4.78 is 133. The molecule has 0 radical (unpaired) electrons. The van der Waals surface area contributed by atoms with Crippen LogP contribution in [0.2, 0.25) is 0 Å². The zero-order valence-electron chi connectivity index (χ0n) is 58.2. The van der Waals surface area contributed by atoms with E-state index in [9.17, 15) is 108 Å². The summed E-state index contributed by atoms with van der Waals surface area (Å²) in [6, 6.07) is -2.46.